The van der Waals surface area contributed by atoms with Crippen molar-refractivity contribution >= 4 is 34.1 Å². The molecule has 0 spiro atoms. The van der Waals surface area contributed by atoms with E-state index in [1.807, 2.05) is 17.6 Å². The zero-order chi connectivity index (χ0) is 26.3. The molecule has 0 aromatic carbocycles. The summed E-state index contributed by atoms with van der Waals surface area (Å²) in [5, 5.41) is 4.09. The van der Waals surface area contributed by atoms with Crippen LogP contribution in [-0.2, 0) is 0 Å². The molecule has 2 fully saturated rings. The van der Waals surface area contributed by atoms with Gasteiger partial charge in [-0.1, -0.05) is 12.8 Å². The summed E-state index contributed by atoms with van der Waals surface area (Å²) in [6.45, 7) is 12.9. The molecule has 3 aromatic rings. The second-order valence-corrected chi connectivity index (χ2v) is 10.8. The van der Waals surface area contributed by atoms with Gasteiger partial charge in [-0.25, -0.2) is 15.0 Å². The number of fused-ring (bicyclic) bond motifs is 1. The van der Waals surface area contributed by atoms with Gasteiger partial charge in [0.1, 0.15) is 17.5 Å². The maximum atomic E-state index is 13.4. The minimum absolute atomic E-state index is 0.0987. The van der Waals surface area contributed by atoms with Crippen LogP contribution < -0.4 is 15.8 Å². The number of nitrogens with zero attached hydrogens (tertiary/aromatic N) is 6. The molecule has 0 unspecified atom stereocenters. The van der Waals surface area contributed by atoms with Crippen LogP contribution in [0.25, 0.3) is 10.9 Å². The highest BCUT2D eigenvalue weighted by Gasteiger charge is 2.27. The lowest BCUT2D eigenvalue weighted by Crippen LogP contribution is -2.54. The van der Waals surface area contributed by atoms with Gasteiger partial charge >= 0.3 is 0 Å². The molecule has 4 heterocycles. The first kappa shape index (κ1) is 25.3. The van der Waals surface area contributed by atoms with E-state index in [1.165, 1.54) is 6.92 Å². The zero-order valence-electron chi connectivity index (χ0n) is 22.5. The van der Waals surface area contributed by atoms with Gasteiger partial charge in [0.15, 0.2) is 5.78 Å². The van der Waals surface area contributed by atoms with Crippen molar-refractivity contribution in [1.29, 1.82) is 0 Å². The number of aryl methyl sites for hydroxylation is 1. The number of Topliss-reactive ketones (excluding diaryl/α,β-unsaturated/α-hetero) is 1. The molecule has 9 heteroatoms. The van der Waals surface area contributed by atoms with Gasteiger partial charge in [0, 0.05) is 55.4 Å². The van der Waals surface area contributed by atoms with Crippen molar-refractivity contribution < 1.29 is 4.79 Å². The first-order chi connectivity index (χ1) is 17.7. The quantitative estimate of drug-likeness (QED) is 0.492. The molecule has 1 N–H and O–H groups in total. The Kier molecular flexibility index (Phi) is 6.98. The Morgan fingerprint density at radius 2 is 1.78 bits per heavy atom. The second-order valence-electron chi connectivity index (χ2n) is 10.8. The van der Waals surface area contributed by atoms with E-state index in [0.717, 1.165) is 62.0 Å². The molecular weight excluding hydrogens is 466 g/mol. The van der Waals surface area contributed by atoms with Crippen molar-refractivity contribution in [3.63, 3.8) is 0 Å². The second kappa shape index (κ2) is 10.2. The maximum absolute atomic E-state index is 13.4. The molecule has 1 atom stereocenters. The Morgan fingerprint density at radius 1 is 1.05 bits per heavy atom. The molecule has 1 saturated carbocycles. The number of pyridine rings is 2. The van der Waals surface area contributed by atoms with Crippen LogP contribution in [0.4, 0.5) is 17.5 Å². The van der Waals surface area contributed by atoms with Gasteiger partial charge in [0.25, 0.3) is 5.56 Å². The third kappa shape index (κ3) is 4.84. The van der Waals surface area contributed by atoms with Crippen LogP contribution in [0.3, 0.4) is 0 Å². The lowest BCUT2D eigenvalue weighted by Gasteiger charge is -2.42. The van der Waals surface area contributed by atoms with Crippen LogP contribution >= 0.6 is 0 Å². The van der Waals surface area contributed by atoms with Crippen molar-refractivity contribution in [2.24, 2.45) is 0 Å². The van der Waals surface area contributed by atoms with Gasteiger partial charge in [0.05, 0.1) is 23.5 Å². The molecular formula is C28H37N7O2. The summed E-state index contributed by atoms with van der Waals surface area (Å²) in [6, 6.07) is 2.99. The van der Waals surface area contributed by atoms with Crippen LogP contribution in [0.15, 0.2) is 29.5 Å². The highest BCUT2D eigenvalue weighted by atomic mass is 16.1. The van der Waals surface area contributed by atoms with E-state index in [4.69, 9.17) is 0 Å². The van der Waals surface area contributed by atoms with Crippen LogP contribution in [0.5, 0.6) is 0 Å². The highest BCUT2D eigenvalue weighted by Crippen LogP contribution is 2.33. The number of nitrogens with one attached hydrogen (secondary N) is 1. The standard InChI is InChI=1S/C28H37N7O2/c1-17(2)34-11-10-33(16-18(34)3)26-15-30-25(14-31-26)32-24-12-23-22(13-29-24)19(4)27(20(5)36)28(37)35(23)21-8-6-7-9-21/h12-15,17-18,21H,6-11,16H2,1-5H3,(H,29,30,32)/t18-/m0/s1. The van der Waals surface area contributed by atoms with Crippen LogP contribution in [0.2, 0.25) is 0 Å². The van der Waals surface area contributed by atoms with Gasteiger partial charge in [-0.15, -0.1) is 0 Å². The fourth-order valence-electron chi connectivity index (χ4n) is 6.09. The predicted molar refractivity (Wildman–Crippen MR) is 147 cm³/mol. The average molecular weight is 504 g/mol. The Labute approximate surface area is 217 Å². The number of piperazine rings is 1. The van der Waals surface area contributed by atoms with Crippen molar-refractivity contribution in [2.45, 2.75) is 78.4 Å². The topological polar surface area (TPSA) is 96.2 Å². The van der Waals surface area contributed by atoms with Crippen molar-refractivity contribution in [2.75, 3.05) is 29.9 Å². The Bertz CT molecular complexity index is 1360. The molecule has 0 bridgehead atoms. The van der Waals surface area contributed by atoms with Crippen molar-refractivity contribution in [3.05, 3.63) is 46.1 Å². The van der Waals surface area contributed by atoms with E-state index < -0.39 is 0 Å². The Balaban J connectivity index is 1.42. The molecule has 3 aromatic heterocycles. The van der Waals surface area contributed by atoms with Gasteiger partial charge < -0.3 is 14.8 Å². The molecule has 1 saturated heterocycles. The summed E-state index contributed by atoms with van der Waals surface area (Å²) in [5.41, 5.74) is 1.57. The summed E-state index contributed by atoms with van der Waals surface area (Å²) in [5.74, 6) is 1.86. The van der Waals surface area contributed by atoms with E-state index in [-0.39, 0.29) is 22.9 Å². The Morgan fingerprint density at radius 3 is 2.41 bits per heavy atom. The summed E-state index contributed by atoms with van der Waals surface area (Å²) in [4.78, 5) is 44.4. The van der Waals surface area contributed by atoms with Gasteiger partial charge in [-0.2, -0.15) is 0 Å². The monoisotopic (exact) mass is 503 g/mol. The maximum Gasteiger partial charge on any atom is 0.262 e. The molecule has 2 aliphatic rings. The number of carbonyl (C=O) groups excluding carboxylic acids is 1. The van der Waals surface area contributed by atoms with E-state index in [9.17, 15) is 9.59 Å². The molecule has 37 heavy (non-hydrogen) atoms. The third-order valence-corrected chi connectivity index (χ3v) is 7.96. The number of rotatable bonds is 6. The Hall–Kier alpha value is -3.33. The third-order valence-electron chi connectivity index (χ3n) is 7.96. The lowest BCUT2D eigenvalue weighted by molar-refractivity contribution is 0.101. The zero-order valence-corrected chi connectivity index (χ0v) is 22.5. The minimum Gasteiger partial charge on any atom is -0.352 e. The number of hydrogen-bond donors (Lipinski definition) is 1. The van der Waals surface area contributed by atoms with Crippen molar-refractivity contribution in [1.82, 2.24) is 24.4 Å². The molecule has 0 amide bonds. The summed E-state index contributed by atoms with van der Waals surface area (Å²) in [6.07, 6.45) is 9.35. The number of carbonyl (C=O) groups is 1. The number of hydrogen-bond acceptors (Lipinski definition) is 8. The largest absolute Gasteiger partial charge is 0.352 e. The number of aromatic nitrogens is 4. The smallest absolute Gasteiger partial charge is 0.262 e. The fourth-order valence-corrected chi connectivity index (χ4v) is 6.09. The van der Waals surface area contributed by atoms with Crippen molar-refractivity contribution in [3.8, 4) is 0 Å². The van der Waals surface area contributed by atoms with E-state index in [1.54, 1.807) is 18.6 Å². The van der Waals surface area contributed by atoms with Gasteiger partial charge in [-0.3, -0.25) is 14.5 Å². The van der Waals surface area contributed by atoms with E-state index in [0.29, 0.717) is 29.3 Å². The molecule has 1 aliphatic carbocycles. The molecule has 9 nitrogen and oxygen atoms in total. The first-order valence-corrected chi connectivity index (χ1v) is 13.4. The summed E-state index contributed by atoms with van der Waals surface area (Å²) < 4.78 is 1.83. The lowest BCUT2D eigenvalue weighted by atomic mass is 10.0. The van der Waals surface area contributed by atoms with Crippen LogP contribution in [0.1, 0.15) is 75.3 Å². The fraction of sp³-hybridized carbons (Fsp3) is 0.536. The normalized spacial score (nSPS) is 19.2. The van der Waals surface area contributed by atoms with E-state index in [2.05, 4.69) is 50.8 Å². The molecule has 5 rings (SSSR count). The summed E-state index contributed by atoms with van der Waals surface area (Å²) in [7, 11) is 0. The first-order valence-electron chi connectivity index (χ1n) is 13.4. The highest BCUT2D eigenvalue weighted by molar-refractivity contribution is 6.00. The predicted octanol–water partition coefficient (Wildman–Crippen LogP) is 4.48. The number of ketones is 1. The number of anilines is 3. The average Bonchev–Trinajstić information content (AvgIpc) is 3.38. The van der Waals surface area contributed by atoms with Gasteiger partial charge in [0.2, 0.25) is 0 Å². The van der Waals surface area contributed by atoms with E-state index >= 15 is 0 Å². The molecule has 1 aliphatic heterocycles. The summed E-state index contributed by atoms with van der Waals surface area (Å²) >= 11 is 0. The van der Waals surface area contributed by atoms with Gasteiger partial charge in [-0.05, 0) is 53.0 Å². The minimum atomic E-state index is -0.200. The van der Waals surface area contributed by atoms with Crippen LogP contribution in [-0.4, -0.2) is 61.9 Å². The van der Waals surface area contributed by atoms with Crippen LogP contribution in [0, 0.1) is 6.92 Å². The molecule has 0 radical (unpaired) electrons. The SMILES string of the molecule is CC(=O)c1c(C)c2cnc(Nc3cnc(N4CCN(C(C)C)[C@@H](C)C4)cn3)cc2n(C2CCCC2)c1=O. The molecule has 196 valence electrons.